The lowest BCUT2D eigenvalue weighted by Gasteiger charge is -2.28. The van der Waals surface area contributed by atoms with Crippen molar-refractivity contribution in [2.24, 2.45) is 11.7 Å². The highest BCUT2D eigenvalue weighted by atomic mass is 35.5. The number of aryl methyl sites for hydroxylation is 1. The Hall–Kier alpha value is -1.33. The van der Waals surface area contributed by atoms with E-state index >= 15 is 0 Å². The van der Waals surface area contributed by atoms with Gasteiger partial charge in [0.15, 0.2) is 5.75 Å². The molecule has 1 aliphatic rings. The van der Waals surface area contributed by atoms with Crippen molar-refractivity contribution < 1.29 is 10.0 Å². The zero-order valence-electron chi connectivity index (χ0n) is 11.5. The third-order valence-electron chi connectivity index (χ3n) is 4.08. The maximum absolute atomic E-state index is 11.0. The topological polar surface area (TPSA) is 89.4 Å². The Kier molecular flexibility index (Phi) is 5.77. The summed E-state index contributed by atoms with van der Waals surface area (Å²) in [5.41, 5.74) is 6.95. The molecule has 1 aliphatic carbocycles. The van der Waals surface area contributed by atoms with Crippen LogP contribution in [-0.2, 0) is 0 Å². The van der Waals surface area contributed by atoms with Crippen LogP contribution in [-0.4, -0.2) is 10.0 Å². The van der Waals surface area contributed by atoms with Crippen LogP contribution in [0.5, 0.6) is 5.75 Å². The Bertz CT molecular complexity index is 488. The van der Waals surface area contributed by atoms with Gasteiger partial charge in [0.1, 0.15) is 0 Å². The second-order valence-electron chi connectivity index (χ2n) is 5.35. The van der Waals surface area contributed by atoms with Gasteiger partial charge in [-0.15, -0.1) is 12.4 Å². The number of hydrogen-bond donors (Lipinski definition) is 2. The first kappa shape index (κ1) is 16.7. The van der Waals surface area contributed by atoms with Crippen LogP contribution in [0.3, 0.4) is 0 Å². The second kappa shape index (κ2) is 6.90. The first-order valence-corrected chi connectivity index (χ1v) is 6.74. The van der Waals surface area contributed by atoms with Crippen molar-refractivity contribution in [3.05, 3.63) is 33.4 Å². The van der Waals surface area contributed by atoms with Gasteiger partial charge in [0, 0.05) is 17.2 Å². The van der Waals surface area contributed by atoms with E-state index in [0.717, 1.165) is 25.7 Å². The molecule has 0 amide bonds. The fraction of sp³-hybridized carbons (Fsp3) is 0.571. The molecule has 1 atom stereocenters. The largest absolute Gasteiger partial charge is 0.502 e. The number of nitrogens with zero attached hydrogens (tertiary/aromatic N) is 1. The van der Waals surface area contributed by atoms with E-state index in [1.165, 1.54) is 6.42 Å². The summed E-state index contributed by atoms with van der Waals surface area (Å²) in [5.74, 6) is 0.0463. The fourth-order valence-electron chi connectivity index (χ4n) is 2.94. The summed E-state index contributed by atoms with van der Waals surface area (Å²) in [4.78, 5) is 10.5. The normalized spacial score (nSPS) is 17.3. The van der Waals surface area contributed by atoms with Gasteiger partial charge in [-0.05, 0) is 25.7 Å². The molecule has 0 saturated heterocycles. The zero-order chi connectivity index (χ0) is 14.0. The van der Waals surface area contributed by atoms with Crippen LogP contribution in [0.4, 0.5) is 5.69 Å². The second-order valence-corrected chi connectivity index (χ2v) is 5.35. The van der Waals surface area contributed by atoms with Crippen LogP contribution < -0.4 is 5.73 Å². The minimum absolute atomic E-state index is 0. The number of benzene rings is 1. The summed E-state index contributed by atoms with van der Waals surface area (Å²) >= 11 is 0. The monoisotopic (exact) mass is 300 g/mol. The van der Waals surface area contributed by atoms with Crippen LogP contribution in [0.15, 0.2) is 12.1 Å². The molecule has 0 unspecified atom stereocenters. The van der Waals surface area contributed by atoms with Gasteiger partial charge in [-0.1, -0.05) is 31.4 Å². The number of phenolic OH excluding ortho intramolecular Hbond substituents is 1. The minimum Gasteiger partial charge on any atom is -0.502 e. The SMILES string of the molecule is Cc1ccc([C@H](N)C2CCCCC2)c(O)c1[N+](=O)[O-].Cl. The van der Waals surface area contributed by atoms with Crippen LogP contribution in [0.2, 0.25) is 0 Å². The van der Waals surface area contributed by atoms with Crippen LogP contribution in [0.25, 0.3) is 0 Å². The molecular weight excluding hydrogens is 280 g/mol. The molecule has 0 spiro atoms. The van der Waals surface area contributed by atoms with E-state index in [0.29, 0.717) is 17.0 Å². The number of rotatable bonds is 3. The highest BCUT2D eigenvalue weighted by Gasteiger charge is 2.28. The quantitative estimate of drug-likeness (QED) is 0.659. The smallest absolute Gasteiger partial charge is 0.313 e. The number of nitro benzene ring substituents is 1. The predicted molar refractivity (Wildman–Crippen MR) is 80.2 cm³/mol. The molecule has 1 saturated carbocycles. The zero-order valence-corrected chi connectivity index (χ0v) is 12.4. The molecule has 0 aliphatic heterocycles. The summed E-state index contributed by atoms with van der Waals surface area (Å²) in [6.07, 6.45) is 5.58. The van der Waals surface area contributed by atoms with Crippen LogP contribution in [0, 0.1) is 23.0 Å². The van der Waals surface area contributed by atoms with E-state index in [9.17, 15) is 15.2 Å². The summed E-state index contributed by atoms with van der Waals surface area (Å²) in [7, 11) is 0. The Morgan fingerprint density at radius 2 is 1.95 bits per heavy atom. The third kappa shape index (κ3) is 3.22. The lowest BCUT2D eigenvalue weighted by Crippen LogP contribution is -2.23. The summed E-state index contributed by atoms with van der Waals surface area (Å²) in [6.45, 7) is 1.62. The molecule has 0 aromatic heterocycles. The molecule has 3 N–H and O–H groups in total. The third-order valence-corrected chi connectivity index (χ3v) is 4.08. The van der Waals surface area contributed by atoms with Crippen LogP contribution in [0.1, 0.15) is 49.3 Å². The van der Waals surface area contributed by atoms with Crippen molar-refractivity contribution >= 4 is 18.1 Å². The lowest BCUT2D eigenvalue weighted by molar-refractivity contribution is -0.386. The van der Waals surface area contributed by atoms with Gasteiger partial charge < -0.3 is 10.8 Å². The number of halogens is 1. The van der Waals surface area contributed by atoms with Crippen molar-refractivity contribution in [3.8, 4) is 5.75 Å². The molecule has 0 radical (unpaired) electrons. The van der Waals surface area contributed by atoms with Gasteiger partial charge in [0.25, 0.3) is 0 Å². The summed E-state index contributed by atoms with van der Waals surface area (Å²) < 4.78 is 0. The van der Waals surface area contributed by atoms with Crippen molar-refractivity contribution in [1.29, 1.82) is 0 Å². The highest BCUT2D eigenvalue weighted by Crippen LogP contribution is 2.40. The molecule has 5 nitrogen and oxygen atoms in total. The van der Waals surface area contributed by atoms with Crippen molar-refractivity contribution in [2.45, 2.75) is 45.1 Å². The van der Waals surface area contributed by atoms with Gasteiger partial charge in [-0.3, -0.25) is 10.1 Å². The number of aromatic hydroxyl groups is 1. The van der Waals surface area contributed by atoms with Crippen molar-refractivity contribution in [1.82, 2.24) is 0 Å². The number of phenols is 1. The van der Waals surface area contributed by atoms with Crippen LogP contribution >= 0.6 is 12.4 Å². The van der Waals surface area contributed by atoms with E-state index in [1.807, 2.05) is 0 Å². The molecule has 2 rings (SSSR count). The van der Waals surface area contributed by atoms with E-state index in [-0.39, 0.29) is 29.9 Å². The first-order chi connectivity index (χ1) is 9.02. The summed E-state index contributed by atoms with van der Waals surface area (Å²) in [5, 5.41) is 21.1. The molecule has 0 bridgehead atoms. The molecule has 1 aromatic rings. The molecule has 1 aromatic carbocycles. The van der Waals surface area contributed by atoms with Crippen molar-refractivity contribution in [3.63, 3.8) is 0 Å². The van der Waals surface area contributed by atoms with Gasteiger partial charge in [0.05, 0.1) is 4.92 Å². The highest BCUT2D eigenvalue weighted by molar-refractivity contribution is 5.85. The van der Waals surface area contributed by atoms with E-state index < -0.39 is 4.92 Å². The minimum atomic E-state index is -0.540. The van der Waals surface area contributed by atoms with Crippen molar-refractivity contribution in [2.75, 3.05) is 0 Å². The Labute approximate surface area is 124 Å². The van der Waals surface area contributed by atoms with E-state index in [2.05, 4.69) is 0 Å². The van der Waals surface area contributed by atoms with E-state index in [4.69, 9.17) is 5.73 Å². The average Bonchev–Trinajstić information content (AvgIpc) is 2.39. The molecule has 20 heavy (non-hydrogen) atoms. The maximum atomic E-state index is 11.0. The Morgan fingerprint density at radius 1 is 1.35 bits per heavy atom. The number of nitro groups is 1. The lowest BCUT2D eigenvalue weighted by atomic mass is 9.81. The Balaban J connectivity index is 0.00000200. The van der Waals surface area contributed by atoms with E-state index in [1.54, 1.807) is 19.1 Å². The molecule has 0 heterocycles. The standard InChI is InChI=1S/C14H20N2O3.ClH/c1-9-7-8-11(14(17)13(9)16(18)19)12(15)10-5-3-2-4-6-10;/h7-8,10,12,17H,2-6,15H2,1H3;1H/t12-;/m1./s1. The number of nitrogens with two attached hydrogens (primary N) is 1. The summed E-state index contributed by atoms with van der Waals surface area (Å²) in [6, 6.07) is 3.06. The van der Waals surface area contributed by atoms with Gasteiger partial charge in [-0.25, -0.2) is 0 Å². The van der Waals surface area contributed by atoms with Gasteiger partial charge >= 0.3 is 5.69 Å². The number of hydrogen-bond acceptors (Lipinski definition) is 4. The molecule has 1 fully saturated rings. The fourth-order valence-corrected chi connectivity index (χ4v) is 2.94. The first-order valence-electron chi connectivity index (χ1n) is 6.74. The maximum Gasteiger partial charge on any atom is 0.313 e. The molecular formula is C14H21ClN2O3. The molecule has 112 valence electrons. The Morgan fingerprint density at radius 3 is 2.50 bits per heavy atom. The average molecular weight is 301 g/mol. The van der Waals surface area contributed by atoms with Gasteiger partial charge in [-0.2, -0.15) is 0 Å². The predicted octanol–water partition coefficient (Wildman–Crippen LogP) is 3.61. The molecule has 6 heteroatoms. The van der Waals surface area contributed by atoms with Gasteiger partial charge in [0.2, 0.25) is 0 Å².